The first-order chi connectivity index (χ1) is 13.0. The van der Waals surface area contributed by atoms with E-state index in [1.165, 1.54) is 16.4 Å². The number of anilines is 2. The van der Waals surface area contributed by atoms with Crippen LogP contribution in [0.1, 0.15) is 11.8 Å². The monoisotopic (exact) mass is 465 g/mol. The lowest BCUT2D eigenvalue weighted by Gasteiger charge is -2.06. The first kappa shape index (κ1) is 19.4. The fraction of sp³-hybridized carbons (Fsp3) is 0.125. The van der Waals surface area contributed by atoms with E-state index in [2.05, 4.69) is 42.0 Å². The SMILES string of the molecule is C/C(=N\Nc1nnc(SCC(=O)Nc2cccc(Br)c2)n1N)c1cccs1. The Balaban J connectivity index is 1.55. The summed E-state index contributed by atoms with van der Waals surface area (Å²) in [5.74, 6) is 6.25. The Kier molecular flexibility index (Phi) is 6.48. The quantitative estimate of drug-likeness (QED) is 0.213. The number of hydrazone groups is 1. The van der Waals surface area contributed by atoms with Crippen molar-refractivity contribution in [3.05, 3.63) is 51.1 Å². The van der Waals surface area contributed by atoms with Crippen LogP contribution in [-0.4, -0.2) is 32.2 Å². The van der Waals surface area contributed by atoms with Crippen molar-refractivity contribution in [3.8, 4) is 0 Å². The minimum atomic E-state index is -0.165. The summed E-state index contributed by atoms with van der Waals surface area (Å²) < 4.78 is 2.16. The lowest BCUT2D eigenvalue weighted by atomic mass is 10.3. The van der Waals surface area contributed by atoms with Gasteiger partial charge in [-0.25, -0.2) is 10.1 Å². The number of thioether (sulfide) groups is 1. The molecule has 4 N–H and O–H groups in total. The molecule has 0 spiro atoms. The van der Waals surface area contributed by atoms with Gasteiger partial charge in [0.2, 0.25) is 11.1 Å². The van der Waals surface area contributed by atoms with Crippen molar-refractivity contribution in [2.45, 2.75) is 12.1 Å². The predicted molar refractivity (Wildman–Crippen MR) is 114 cm³/mol. The van der Waals surface area contributed by atoms with Crippen molar-refractivity contribution in [3.63, 3.8) is 0 Å². The highest BCUT2D eigenvalue weighted by Crippen LogP contribution is 2.19. The van der Waals surface area contributed by atoms with Gasteiger partial charge in [0.1, 0.15) is 0 Å². The molecular weight excluding hydrogens is 450 g/mol. The molecule has 2 aromatic heterocycles. The number of benzene rings is 1. The molecule has 0 atom stereocenters. The van der Waals surface area contributed by atoms with Crippen molar-refractivity contribution < 1.29 is 4.79 Å². The second-order valence-corrected chi connectivity index (χ2v) is 8.12. The molecule has 0 bridgehead atoms. The Bertz CT molecular complexity index is 956. The van der Waals surface area contributed by atoms with Crippen LogP contribution in [0.15, 0.2) is 56.5 Å². The molecule has 140 valence electrons. The molecular formula is C16H16BrN7OS2. The van der Waals surface area contributed by atoms with E-state index in [1.54, 1.807) is 11.3 Å². The Morgan fingerprint density at radius 1 is 1.37 bits per heavy atom. The molecule has 1 amide bonds. The van der Waals surface area contributed by atoms with Crippen LogP contribution in [0.5, 0.6) is 0 Å². The van der Waals surface area contributed by atoms with E-state index in [1.807, 2.05) is 48.7 Å². The smallest absolute Gasteiger partial charge is 0.264 e. The van der Waals surface area contributed by atoms with Gasteiger partial charge in [0.15, 0.2) is 0 Å². The van der Waals surface area contributed by atoms with Gasteiger partial charge in [-0.15, -0.1) is 21.5 Å². The zero-order chi connectivity index (χ0) is 19.2. The minimum Gasteiger partial charge on any atom is -0.334 e. The van der Waals surface area contributed by atoms with Crippen LogP contribution in [0, 0.1) is 0 Å². The molecule has 8 nitrogen and oxygen atoms in total. The van der Waals surface area contributed by atoms with Crippen molar-refractivity contribution in [2.24, 2.45) is 5.10 Å². The number of halogens is 1. The van der Waals surface area contributed by atoms with Gasteiger partial charge in [0.05, 0.1) is 11.5 Å². The van der Waals surface area contributed by atoms with Gasteiger partial charge in [0.25, 0.3) is 5.95 Å². The Labute approximate surface area is 172 Å². The number of hydrogen-bond acceptors (Lipinski definition) is 8. The first-order valence-corrected chi connectivity index (χ1v) is 10.4. The van der Waals surface area contributed by atoms with E-state index in [4.69, 9.17) is 5.84 Å². The summed E-state index contributed by atoms with van der Waals surface area (Å²) in [6, 6.07) is 11.3. The highest BCUT2D eigenvalue weighted by atomic mass is 79.9. The first-order valence-electron chi connectivity index (χ1n) is 7.76. The molecule has 3 aromatic rings. The fourth-order valence-electron chi connectivity index (χ4n) is 2.02. The molecule has 3 rings (SSSR count). The lowest BCUT2D eigenvalue weighted by Crippen LogP contribution is -2.17. The molecule has 0 aliphatic rings. The molecule has 0 fully saturated rings. The normalized spacial score (nSPS) is 11.4. The number of amides is 1. The van der Waals surface area contributed by atoms with Crippen LogP contribution in [0.3, 0.4) is 0 Å². The largest absolute Gasteiger partial charge is 0.334 e. The van der Waals surface area contributed by atoms with Crippen LogP contribution in [-0.2, 0) is 4.79 Å². The number of nitrogen functional groups attached to an aromatic ring is 1. The third-order valence-electron chi connectivity index (χ3n) is 3.31. The molecule has 0 unspecified atom stereocenters. The Morgan fingerprint density at radius 3 is 2.96 bits per heavy atom. The highest BCUT2D eigenvalue weighted by Gasteiger charge is 2.12. The number of nitrogens with one attached hydrogen (secondary N) is 2. The van der Waals surface area contributed by atoms with E-state index >= 15 is 0 Å². The average molecular weight is 466 g/mol. The van der Waals surface area contributed by atoms with E-state index in [-0.39, 0.29) is 11.7 Å². The third-order valence-corrected chi connectivity index (χ3v) is 5.72. The van der Waals surface area contributed by atoms with Crippen molar-refractivity contribution >= 4 is 62.3 Å². The van der Waals surface area contributed by atoms with Crippen LogP contribution in [0.4, 0.5) is 11.6 Å². The van der Waals surface area contributed by atoms with Gasteiger partial charge in [-0.3, -0.25) is 4.79 Å². The van der Waals surface area contributed by atoms with Gasteiger partial charge < -0.3 is 11.2 Å². The molecule has 0 aliphatic heterocycles. The van der Waals surface area contributed by atoms with Gasteiger partial charge in [-0.05, 0) is 36.6 Å². The number of rotatable bonds is 7. The number of thiophene rings is 1. The van der Waals surface area contributed by atoms with Crippen molar-refractivity contribution in [2.75, 3.05) is 22.3 Å². The maximum absolute atomic E-state index is 12.1. The third kappa shape index (κ3) is 5.31. The van der Waals surface area contributed by atoms with Crippen LogP contribution < -0.4 is 16.6 Å². The number of carbonyl (C=O) groups is 1. The van der Waals surface area contributed by atoms with Crippen molar-refractivity contribution in [1.29, 1.82) is 0 Å². The highest BCUT2D eigenvalue weighted by molar-refractivity contribution is 9.10. The number of nitrogens with zero attached hydrogens (tertiary/aromatic N) is 4. The summed E-state index contributed by atoms with van der Waals surface area (Å²) in [6.45, 7) is 1.89. The standard InChI is InChI=1S/C16H16BrN7OS2/c1-10(13-6-3-7-26-13)20-21-15-22-23-16(24(15)18)27-9-14(25)19-12-5-2-4-11(17)8-12/h2-8H,9,18H2,1H3,(H,19,25)(H,21,22)/b20-10+. The number of nitrogens with two attached hydrogens (primary N) is 1. The van der Waals surface area contributed by atoms with E-state index in [9.17, 15) is 4.79 Å². The molecule has 0 aliphatic carbocycles. The average Bonchev–Trinajstić information content (AvgIpc) is 3.28. The maximum atomic E-state index is 12.1. The summed E-state index contributed by atoms with van der Waals surface area (Å²) in [4.78, 5) is 13.1. The molecule has 0 saturated heterocycles. The molecule has 11 heteroatoms. The predicted octanol–water partition coefficient (Wildman–Crippen LogP) is 3.38. The molecule has 0 saturated carbocycles. The summed E-state index contributed by atoms with van der Waals surface area (Å²) in [6.07, 6.45) is 0. The summed E-state index contributed by atoms with van der Waals surface area (Å²) in [5.41, 5.74) is 4.32. The van der Waals surface area contributed by atoms with Gasteiger partial charge in [-0.1, -0.05) is 39.8 Å². The van der Waals surface area contributed by atoms with Crippen LogP contribution in [0.25, 0.3) is 0 Å². The van der Waals surface area contributed by atoms with E-state index in [0.717, 1.165) is 15.1 Å². The summed E-state index contributed by atoms with van der Waals surface area (Å²) >= 11 is 6.14. The molecule has 2 heterocycles. The molecule has 0 radical (unpaired) electrons. The van der Waals surface area contributed by atoms with E-state index < -0.39 is 0 Å². The maximum Gasteiger partial charge on any atom is 0.264 e. The zero-order valence-electron chi connectivity index (χ0n) is 14.2. The van der Waals surface area contributed by atoms with Crippen LogP contribution in [0.2, 0.25) is 0 Å². The van der Waals surface area contributed by atoms with Crippen molar-refractivity contribution in [1.82, 2.24) is 14.9 Å². The van der Waals surface area contributed by atoms with E-state index in [0.29, 0.717) is 16.8 Å². The fourth-order valence-corrected chi connectivity index (χ4v) is 3.75. The number of hydrogen-bond donors (Lipinski definition) is 3. The molecule has 1 aromatic carbocycles. The zero-order valence-corrected chi connectivity index (χ0v) is 17.4. The second kappa shape index (κ2) is 9.02. The summed E-state index contributed by atoms with van der Waals surface area (Å²) in [7, 11) is 0. The Morgan fingerprint density at radius 2 is 2.22 bits per heavy atom. The van der Waals surface area contributed by atoms with Gasteiger partial charge >= 0.3 is 0 Å². The minimum absolute atomic E-state index is 0.152. The topological polar surface area (TPSA) is 110 Å². The van der Waals surface area contributed by atoms with Gasteiger partial charge in [-0.2, -0.15) is 5.10 Å². The lowest BCUT2D eigenvalue weighted by molar-refractivity contribution is -0.113. The Hall–Kier alpha value is -2.37. The van der Waals surface area contributed by atoms with Gasteiger partial charge in [0, 0.05) is 15.0 Å². The number of carbonyl (C=O) groups excluding carboxylic acids is 1. The number of aromatic nitrogens is 3. The van der Waals surface area contributed by atoms with Crippen LogP contribution >= 0.6 is 39.0 Å². The summed E-state index contributed by atoms with van der Waals surface area (Å²) in [5, 5.41) is 17.4. The second-order valence-electron chi connectivity index (χ2n) is 5.31. The molecule has 27 heavy (non-hydrogen) atoms.